The highest BCUT2D eigenvalue weighted by molar-refractivity contribution is 6.30. The lowest BCUT2D eigenvalue weighted by Gasteiger charge is -2.26. The monoisotopic (exact) mass is 459 g/mol. The fraction of sp³-hybridized carbons (Fsp3) is 0.385. The maximum atomic E-state index is 14.5. The van der Waals surface area contributed by atoms with Crippen molar-refractivity contribution in [3.63, 3.8) is 0 Å². The van der Waals surface area contributed by atoms with Crippen LogP contribution in [0.1, 0.15) is 69.1 Å². The molecule has 3 aromatic rings. The number of ketones is 1. The molecule has 0 aliphatic heterocycles. The molecule has 0 aliphatic carbocycles. The summed E-state index contributed by atoms with van der Waals surface area (Å²) < 4.78 is 22.1. The quantitative estimate of drug-likeness (QED) is 0.363. The maximum absolute atomic E-state index is 14.5. The van der Waals surface area contributed by atoms with Gasteiger partial charge < -0.3 is 9.30 Å². The molecule has 0 amide bonds. The molecule has 0 N–H and O–H groups in total. The number of halogens is 2. The number of benzene rings is 2. The molecular formula is C26H31ClFNO3. The number of rotatable bonds is 7. The molecule has 0 fully saturated rings. The molecule has 172 valence electrons. The van der Waals surface area contributed by atoms with Gasteiger partial charge in [-0.1, -0.05) is 51.9 Å². The normalized spacial score (nSPS) is 12.0. The summed E-state index contributed by atoms with van der Waals surface area (Å²) in [4.78, 5) is 25.4. The predicted molar refractivity (Wildman–Crippen MR) is 130 cm³/mol. The second kappa shape index (κ2) is 10.3. The Morgan fingerprint density at radius 3 is 2.47 bits per heavy atom. The Hall–Kier alpha value is -2.66. The van der Waals surface area contributed by atoms with Crippen LogP contribution in [0.2, 0.25) is 5.02 Å². The summed E-state index contributed by atoms with van der Waals surface area (Å²) in [6, 6.07) is 8.45. The van der Waals surface area contributed by atoms with Crippen molar-refractivity contribution in [1.29, 1.82) is 0 Å². The van der Waals surface area contributed by atoms with Gasteiger partial charge in [0.2, 0.25) is 0 Å². The number of Topliss-reactive ketones (excluding diaryl/α,β-unsaturated/α-hetero) is 1. The smallest absolute Gasteiger partial charge is 0.200 e. The van der Waals surface area contributed by atoms with Gasteiger partial charge >= 0.3 is 0 Å². The molecule has 0 unspecified atom stereocenters. The predicted octanol–water partition coefficient (Wildman–Crippen LogP) is 6.84. The number of carbonyl (C=O) groups is 1. The summed E-state index contributed by atoms with van der Waals surface area (Å²) in [6.07, 6.45) is 2.71. The van der Waals surface area contributed by atoms with Gasteiger partial charge in [-0.2, -0.15) is 0 Å². The van der Waals surface area contributed by atoms with E-state index in [0.29, 0.717) is 33.7 Å². The number of ether oxygens (including phenoxy) is 1. The van der Waals surface area contributed by atoms with Crippen molar-refractivity contribution in [2.45, 2.75) is 54.0 Å². The largest absolute Gasteiger partial charge is 0.496 e. The summed E-state index contributed by atoms with van der Waals surface area (Å²) in [7, 11) is 1.55. The van der Waals surface area contributed by atoms with Gasteiger partial charge in [0.1, 0.15) is 11.6 Å². The lowest BCUT2D eigenvalue weighted by Crippen LogP contribution is -2.22. The second-order valence-corrected chi connectivity index (χ2v) is 8.53. The fourth-order valence-electron chi connectivity index (χ4n) is 4.15. The van der Waals surface area contributed by atoms with Gasteiger partial charge in [0.25, 0.3) is 0 Å². The zero-order chi connectivity index (χ0) is 22.9. The third-order valence-corrected chi connectivity index (χ3v) is 6.06. The van der Waals surface area contributed by atoms with Crippen molar-refractivity contribution < 1.29 is 13.9 Å². The first-order chi connectivity index (χ1) is 14.7. The zero-order valence-electron chi connectivity index (χ0n) is 18.5. The summed E-state index contributed by atoms with van der Waals surface area (Å²) in [6.45, 7) is 7.70. The number of aromatic nitrogens is 1. The van der Waals surface area contributed by atoms with Crippen LogP contribution < -0.4 is 10.2 Å². The summed E-state index contributed by atoms with van der Waals surface area (Å²) in [5, 5.41) is 0.464. The van der Waals surface area contributed by atoms with Crippen molar-refractivity contribution >= 4 is 28.3 Å². The van der Waals surface area contributed by atoms with Gasteiger partial charge in [-0.05, 0) is 42.5 Å². The Kier molecular flexibility index (Phi) is 8.24. The number of hydrogen-bond acceptors (Lipinski definition) is 3. The van der Waals surface area contributed by atoms with E-state index in [1.807, 2.05) is 10.6 Å². The minimum absolute atomic E-state index is 0. The highest BCUT2D eigenvalue weighted by Crippen LogP contribution is 2.32. The second-order valence-electron chi connectivity index (χ2n) is 8.13. The number of fused-ring (bicyclic) bond motifs is 1. The molecule has 3 rings (SSSR count). The topological polar surface area (TPSA) is 48.3 Å². The molecular weight excluding hydrogens is 429 g/mol. The van der Waals surface area contributed by atoms with E-state index in [2.05, 4.69) is 20.8 Å². The van der Waals surface area contributed by atoms with E-state index in [9.17, 15) is 14.0 Å². The minimum Gasteiger partial charge on any atom is -0.496 e. The Balaban J connectivity index is 0.00000363. The summed E-state index contributed by atoms with van der Waals surface area (Å²) in [5.74, 6) is 0.0699. The van der Waals surface area contributed by atoms with E-state index in [1.54, 1.807) is 31.5 Å². The van der Waals surface area contributed by atoms with Crippen molar-refractivity contribution in [3.8, 4) is 5.75 Å². The van der Waals surface area contributed by atoms with Crippen LogP contribution >= 0.6 is 11.6 Å². The van der Waals surface area contributed by atoms with Gasteiger partial charge in [0.05, 0.1) is 23.2 Å². The van der Waals surface area contributed by atoms with Crippen LogP contribution in [0.4, 0.5) is 4.39 Å². The van der Waals surface area contributed by atoms with Crippen LogP contribution in [0.5, 0.6) is 5.75 Å². The molecule has 4 nitrogen and oxygen atoms in total. The van der Waals surface area contributed by atoms with E-state index in [-0.39, 0.29) is 41.7 Å². The van der Waals surface area contributed by atoms with E-state index < -0.39 is 5.82 Å². The molecule has 0 radical (unpaired) electrons. The first-order valence-corrected chi connectivity index (χ1v) is 10.8. The van der Waals surface area contributed by atoms with Crippen LogP contribution in [-0.4, -0.2) is 17.5 Å². The van der Waals surface area contributed by atoms with Crippen molar-refractivity contribution in [2.24, 2.45) is 5.92 Å². The van der Waals surface area contributed by atoms with Crippen LogP contribution in [0.15, 0.2) is 41.3 Å². The Bertz CT molecular complexity index is 1200. The third-order valence-electron chi connectivity index (χ3n) is 5.77. The molecule has 1 aromatic heterocycles. The average molecular weight is 460 g/mol. The zero-order valence-corrected chi connectivity index (χ0v) is 19.2. The third kappa shape index (κ3) is 4.73. The molecule has 0 saturated carbocycles. The lowest BCUT2D eigenvalue weighted by atomic mass is 9.97. The number of pyridine rings is 1. The van der Waals surface area contributed by atoms with Crippen LogP contribution in [0.25, 0.3) is 10.9 Å². The standard InChI is InChI=1S/C25H27ClFNO3.CH4/c1-6-21(14(2)3)28-13-19(15(4)29)25(30)18-11-17(23(31-5)12-22(18)28)10-16-8-7-9-20(26)24(16)27;/h7-9,11-14,21H,6,10H2,1-5H3;1H4/t21-;/m1./s1. The van der Waals surface area contributed by atoms with Gasteiger partial charge in [-0.25, -0.2) is 4.39 Å². The molecule has 0 aliphatic rings. The molecule has 2 aromatic carbocycles. The van der Waals surface area contributed by atoms with Crippen molar-refractivity contribution in [3.05, 3.63) is 74.3 Å². The SMILES string of the molecule is C.CC[C@H](C(C)C)n1cc(C(C)=O)c(=O)c2cc(Cc3cccc(Cl)c3F)c(OC)cc21. The van der Waals surface area contributed by atoms with Crippen LogP contribution in [0, 0.1) is 11.7 Å². The van der Waals surface area contributed by atoms with Gasteiger partial charge in [0.15, 0.2) is 11.2 Å². The minimum atomic E-state index is -0.493. The molecule has 0 spiro atoms. The molecule has 32 heavy (non-hydrogen) atoms. The Morgan fingerprint density at radius 1 is 1.22 bits per heavy atom. The fourth-order valence-corrected chi connectivity index (χ4v) is 4.35. The lowest BCUT2D eigenvalue weighted by molar-refractivity contribution is 0.101. The van der Waals surface area contributed by atoms with Crippen LogP contribution in [0.3, 0.4) is 0 Å². The Morgan fingerprint density at radius 2 is 1.91 bits per heavy atom. The number of methoxy groups -OCH3 is 1. The molecule has 1 atom stereocenters. The molecule has 6 heteroatoms. The van der Waals surface area contributed by atoms with E-state index >= 15 is 0 Å². The summed E-state index contributed by atoms with van der Waals surface area (Å²) >= 11 is 5.93. The number of nitrogens with zero attached hydrogens (tertiary/aromatic N) is 1. The van der Waals surface area contributed by atoms with E-state index in [4.69, 9.17) is 16.3 Å². The maximum Gasteiger partial charge on any atom is 0.200 e. The average Bonchev–Trinajstić information content (AvgIpc) is 2.72. The highest BCUT2D eigenvalue weighted by atomic mass is 35.5. The van der Waals surface area contributed by atoms with Gasteiger partial charge in [-0.15, -0.1) is 0 Å². The molecule has 0 saturated heterocycles. The number of carbonyl (C=O) groups excluding carboxylic acids is 1. The van der Waals surface area contributed by atoms with Crippen molar-refractivity contribution in [2.75, 3.05) is 7.11 Å². The van der Waals surface area contributed by atoms with E-state index in [0.717, 1.165) is 6.42 Å². The van der Waals surface area contributed by atoms with Gasteiger partial charge in [0, 0.05) is 30.1 Å². The van der Waals surface area contributed by atoms with Gasteiger partial charge in [-0.3, -0.25) is 9.59 Å². The Labute approximate surface area is 194 Å². The van der Waals surface area contributed by atoms with Crippen LogP contribution in [-0.2, 0) is 6.42 Å². The first-order valence-electron chi connectivity index (χ1n) is 10.4. The van der Waals surface area contributed by atoms with E-state index in [1.165, 1.54) is 13.0 Å². The first kappa shape index (κ1) is 25.6. The molecule has 1 heterocycles. The molecule has 0 bridgehead atoms. The summed E-state index contributed by atoms with van der Waals surface area (Å²) in [5.41, 5.74) is 1.58. The number of hydrogen-bond donors (Lipinski definition) is 0. The van der Waals surface area contributed by atoms with Crippen molar-refractivity contribution in [1.82, 2.24) is 4.57 Å². The highest BCUT2D eigenvalue weighted by Gasteiger charge is 2.21.